The van der Waals surface area contributed by atoms with Crippen LogP contribution >= 0.6 is 34.3 Å². The van der Waals surface area contributed by atoms with Gasteiger partial charge in [0.15, 0.2) is 5.13 Å². The maximum Gasteiger partial charge on any atom is 0.269 e. The minimum absolute atomic E-state index is 0.208. The van der Waals surface area contributed by atoms with Crippen molar-refractivity contribution >= 4 is 65.4 Å². The van der Waals surface area contributed by atoms with E-state index in [4.69, 9.17) is 11.6 Å². The van der Waals surface area contributed by atoms with E-state index in [0.29, 0.717) is 20.7 Å². The number of carbonyl (C=O) groups is 1. The number of amides is 1. The average molecular weight is 478 g/mol. The number of fused-ring (bicyclic) bond motifs is 1. The maximum absolute atomic E-state index is 12.7. The first-order valence-electron chi connectivity index (χ1n) is 8.74. The first kappa shape index (κ1) is 21.0. The van der Waals surface area contributed by atoms with E-state index in [0.717, 1.165) is 20.0 Å². The fourth-order valence-corrected chi connectivity index (χ4v) is 5.81. The first-order chi connectivity index (χ1) is 14.3. The summed E-state index contributed by atoms with van der Waals surface area (Å²) in [6.45, 7) is 0. The van der Waals surface area contributed by atoms with Crippen LogP contribution in [-0.2, 0) is 10.0 Å². The van der Waals surface area contributed by atoms with Crippen molar-refractivity contribution in [2.45, 2.75) is 4.90 Å². The largest absolute Gasteiger partial charge is 0.297 e. The highest BCUT2D eigenvalue weighted by Gasteiger charge is 2.19. The van der Waals surface area contributed by atoms with Crippen LogP contribution in [0.4, 0.5) is 5.13 Å². The molecule has 0 aliphatic carbocycles. The summed E-state index contributed by atoms with van der Waals surface area (Å²) >= 11 is 8.99. The first-order valence-corrected chi connectivity index (χ1v) is 12.3. The number of thiophene rings is 1. The van der Waals surface area contributed by atoms with Crippen molar-refractivity contribution in [3.05, 3.63) is 63.8 Å². The zero-order valence-electron chi connectivity index (χ0n) is 15.9. The number of hydrogen-bond donors (Lipinski definition) is 1. The molecule has 2 heterocycles. The molecule has 0 fully saturated rings. The van der Waals surface area contributed by atoms with E-state index in [2.05, 4.69) is 10.3 Å². The Morgan fingerprint density at radius 3 is 2.47 bits per heavy atom. The number of benzene rings is 2. The molecule has 2 aromatic heterocycles. The predicted molar refractivity (Wildman–Crippen MR) is 123 cm³/mol. The molecule has 4 rings (SSSR count). The monoisotopic (exact) mass is 477 g/mol. The average Bonchev–Trinajstić information content (AvgIpc) is 3.33. The van der Waals surface area contributed by atoms with Crippen LogP contribution in [0.3, 0.4) is 0 Å². The molecule has 0 bridgehead atoms. The lowest BCUT2D eigenvalue weighted by Gasteiger charge is -2.11. The van der Waals surface area contributed by atoms with Gasteiger partial charge in [0.2, 0.25) is 10.0 Å². The zero-order chi connectivity index (χ0) is 21.5. The summed E-state index contributed by atoms with van der Waals surface area (Å²) in [6.07, 6.45) is 0. The summed E-state index contributed by atoms with van der Waals surface area (Å²) < 4.78 is 26.5. The van der Waals surface area contributed by atoms with Crippen LogP contribution in [0.25, 0.3) is 21.3 Å². The normalized spacial score (nSPS) is 11.9. The van der Waals surface area contributed by atoms with Gasteiger partial charge in [-0.1, -0.05) is 41.9 Å². The minimum Gasteiger partial charge on any atom is -0.297 e. The molecule has 0 aliphatic heterocycles. The lowest BCUT2D eigenvalue weighted by Crippen LogP contribution is -2.22. The summed E-state index contributed by atoms with van der Waals surface area (Å²) in [6, 6.07) is 14.1. The molecule has 0 atom stereocenters. The van der Waals surface area contributed by atoms with Crippen LogP contribution < -0.4 is 5.32 Å². The van der Waals surface area contributed by atoms with Gasteiger partial charge in [0.05, 0.1) is 15.6 Å². The molecular weight excluding hydrogens is 462 g/mol. The zero-order valence-corrected chi connectivity index (χ0v) is 19.1. The molecular formula is C20H16ClN3O3S3. The third-order valence-corrected chi connectivity index (χ3v) is 8.66. The molecule has 1 N–H and O–H groups in total. The molecule has 0 radical (unpaired) electrons. The Bertz CT molecular complexity index is 1340. The second-order valence-electron chi connectivity index (χ2n) is 6.55. The van der Waals surface area contributed by atoms with Crippen LogP contribution in [0.1, 0.15) is 9.67 Å². The van der Waals surface area contributed by atoms with Crippen LogP contribution in [0.5, 0.6) is 0 Å². The lowest BCUT2D eigenvalue weighted by molar-refractivity contribution is 0.103. The van der Waals surface area contributed by atoms with Gasteiger partial charge in [0, 0.05) is 35.1 Å². The third-order valence-electron chi connectivity index (χ3n) is 4.39. The Balaban J connectivity index is 1.54. The quantitative estimate of drug-likeness (QED) is 0.429. The fraction of sp³-hybridized carbons (Fsp3) is 0.100. The van der Waals surface area contributed by atoms with Crippen molar-refractivity contribution in [1.29, 1.82) is 0 Å². The van der Waals surface area contributed by atoms with Gasteiger partial charge in [-0.3, -0.25) is 10.1 Å². The molecule has 4 aromatic rings. The van der Waals surface area contributed by atoms with E-state index >= 15 is 0 Å². The van der Waals surface area contributed by atoms with Gasteiger partial charge in [-0.05, 0) is 18.2 Å². The van der Waals surface area contributed by atoms with Crippen LogP contribution in [-0.4, -0.2) is 37.7 Å². The number of hydrogen-bond acceptors (Lipinski definition) is 6. The highest BCUT2D eigenvalue weighted by Crippen LogP contribution is 2.36. The molecule has 10 heteroatoms. The topological polar surface area (TPSA) is 79.4 Å². The SMILES string of the molecule is CN(C)S(=O)(=O)c1ccc(-c2csc(NC(=O)c3sc4ccccc4c3Cl)n2)cc1. The number of carbonyl (C=O) groups excluding carboxylic acids is 1. The van der Waals surface area contributed by atoms with E-state index in [9.17, 15) is 13.2 Å². The predicted octanol–water partition coefficient (Wildman–Crippen LogP) is 5.18. The van der Waals surface area contributed by atoms with Gasteiger partial charge in [0.25, 0.3) is 5.91 Å². The summed E-state index contributed by atoms with van der Waals surface area (Å²) in [4.78, 5) is 17.8. The number of aromatic nitrogens is 1. The summed E-state index contributed by atoms with van der Waals surface area (Å²) in [5, 5.41) is 6.32. The Morgan fingerprint density at radius 2 is 1.80 bits per heavy atom. The lowest BCUT2D eigenvalue weighted by atomic mass is 10.2. The fourth-order valence-electron chi connectivity index (χ4n) is 2.79. The molecule has 1 amide bonds. The number of halogens is 1. The van der Waals surface area contributed by atoms with Crippen molar-refractivity contribution in [2.24, 2.45) is 0 Å². The van der Waals surface area contributed by atoms with E-state index in [1.54, 1.807) is 29.6 Å². The van der Waals surface area contributed by atoms with E-state index in [1.165, 1.54) is 36.8 Å². The van der Waals surface area contributed by atoms with Crippen molar-refractivity contribution in [1.82, 2.24) is 9.29 Å². The van der Waals surface area contributed by atoms with Crippen molar-refractivity contribution < 1.29 is 13.2 Å². The Kier molecular flexibility index (Phi) is 5.65. The Labute approximate surface area is 186 Å². The molecule has 0 saturated heterocycles. The van der Waals surface area contributed by atoms with Crippen LogP contribution in [0, 0.1) is 0 Å². The van der Waals surface area contributed by atoms with E-state index < -0.39 is 10.0 Å². The molecule has 2 aromatic carbocycles. The third kappa shape index (κ3) is 3.86. The molecule has 0 spiro atoms. The molecule has 0 unspecified atom stereocenters. The van der Waals surface area contributed by atoms with Gasteiger partial charge >= 0.3 is 0 Å². The maximum atomic E-state index is 12.7. The standard InChI is InChI=1S/C20H16ClN3O3S3/c1-24(2)30(26,27)13-9-7-12(8-10-13)15-11-28-20(22-15)23-19(25)18-17(21)14-5-3-4-6-16(14)29-18/h3-11H,1-2H3,(H,22,23,25). The minimum atomic E-state index is -3.49. The van der Waals surface area contributed by atoms with Gasteiger partial charge in [-0.25, -0.2) is 17.7 Å². The highest BCUT2D eigenvalue weighted by molar-refractivity contribution is 7.89. The number of thiazole rings is 1. The number of nitrogens with one attached hydrogen (secondary N) is 1. The van der Waals surface area contributed by atoms with Crippen molar-refractivity contribution in [3.63, 3.8) is 0 Å². The molecule has 154 valence electrons. The van der Waals surface area contributed by atoms with Gasteiger partial charge < -0.3 is 0 Å². The molecule has 30 heavy (non-hydrogen) atoms. The second-order valence-corrected chi connectivity index (χ2v) is 11.0. The van der Waals surface area contributed by atoms with Crippen molar-refractivity contribution in [3.8, 4) is 11.3 Å². The van der Waals surface area contributed by atoms with E-state index in [-0.39, 0.29) is 10.8 Å². The molecule has 0 aliphatic rings. The highest BCUT2D eigenvalue weighted by atomic mass is 35.5. The number of nitrogens with zero attached hydrogens (tertiary/aromatic N) is 2. The van der Waals surface area contributed by atoms with E-state index in [1.807, 2.05) is 24.3 Å². The van der Waals surface area contributed by atoms with Crippen LogP contribution in [0.2, 0.25) is 5.02 Å². The van der Waals surface area contributed by atoms with Crippen molar-refractivity contribution in [2.75, 3.05) is 19.4 Å². The number of rotatable bonds is 5. The summed E-state index contributed by atoms with van der Waals surface area (Å²) in [5.41, 5.74) is 1.40. The van der Waals surface area contributed by atoms with Gasteiger partial charge in [-0.2, -0.15) is 0 Å². The molecule has 6 nitrogen and oxygen atoms in total. The Morgan fingerprint density at radius 1 is 1.10 bits per heavy atom. The number of sulfonamides is 1. The second kappa shape index (κ2) is 8.09. The van der Waals surface area contributed by atoms with Crippen LogP contribution in [0.15, 0.2) is 58.8 Å². The Hall–Kier alpha value is -2.30. The number of anilines is 1. The van der Waals surface area contributed by atoms with Gasteiger partial charge in [-0.15, -0.1) is 22.7 Å². The summed E-state index contributed by atoms with van der Waals surface area (Å²) in [7, 11) is -0.510. The van der Waals surface area contributed by atoms with Gasteiger partial charge in [0.1, 0.15) is 4.88 Å². The summed E-state index contributed by atoms with van der Waals surface area (Å²) in [5.74, 6) is -0.311. The smallest absolute Gasteiger partial charge is 0.269 e. The molecule has 0 saturated carbocycles.